The molecule has 0 aliphatic rings. The topological polar surface area (TPSA) is 68.2 Å². The number of carbonyl (C=O) groups is 1. The van der Waals surface area contributed by atoms with Gasteiger partial charge in [-0.15, -0.1) is 0 Å². The second-order valence-electron chi connectivity index (χ2n) is 6.99. The van der Waals surface area contributed by atoms with Crippen LogP contribution in [0.5, 0.6) is 0 Å². The van der Waals surface area contributed by atoms with Crippen molar-refractivity contribution in [2.75, 3.05) is 6.54 Å². The molecule has 0 atom stereocenters. The molecule has 4 nitrogen and oxygen atoms in total. The molecule has 0 spiro atoms. The van der Waals surface area contributed by atoms with Crippen LogP contribution in [-0.2, 0) is 18.9 Å². The minimum Gasteiger partial charge on any atom is -0.478 e. The summed E-state index contributed by atoms with van der Waals surface area (Å²) in [7, 11) is 1.94. The second-order valence-corrected chi connectivity index (χ2v) is 6.99. The van der Waals surface area contributed by atoms with Crippen molar-refractivity contribution < 1.29 is 9.90 Å². The second kappa shape index (κ2) is 5.76. The van der Waals surface area contributed by atoms with Crippen molar-refractivity contribution in [2.45, 2.75) is 46.0 Å². The van der Waals surface area contributed by atoms with Gasteiger partial charge in [0, 0.05) is 18.1 Å². The van der Waals surface area contributed by atoms with E-state index in [4.69, 9.17) is 5.73 Å². The predicted octanol–water partition coefficient (Wildman–Crippen LogP) is 3.37. The van der Waals surface area contributed by atoms with Crippen LogP contribution in [0.3, 0.4) is 0 Å². The average Bonchev–Trinajstić information content (AvgIpc) is 2.67. The minimum atomic E-state index is -0.873. The molecule has 0 saturated carbocycles. The summed E-state index contributed by atoms with van der Waals surface area (Å²) < 4.78 is 2.00. The molecule has 1 aromatic heterocycles. The highest BCUT2D eigenvalue weighted by atomic mass is 16.4. The molecule has 0 amide bonds. The number of nitrogens with two attached hydrogens (primary N) is 1. The van der Waals surface area contributed by atoms with Gasteiger partial charge in [-0.25, -0.2) is 4.79 Å². The summed E-state index contributed by atoms with van der Waals surface area (Å²) in [5, 5.41) is 10.7. The molecule has 2 aromatic rings. The Morgan fingerprint density at radius 3 is 2.45 bits per heavy atom. The summed E-state index contributed by atoms with van der Waals surface area (Å²) in [5.74, 6) is -0.873. The maximum absolute atomic E-state index is 11.7. The van der Waals surface area contributed by atoms with Crippen molar-refractivity contribution >= 4 is 16.9 Å². The molecule has 4 heteroatoms. The number of hydrogen-bond acceptors (Lipinski definition) is 2. The summed E-state index contributed by atoms with van der Waals surface area (Å²) in [6.45, 7) is 9.01. The van der Waals surface area contributed by atoms with Crippen LogP contribution in [0.25, 0.3) is 10.9 Å². The highest BCUT2D eigenvalue weighted by Gasteiger charge is 2.23. The molecule has 1 aromatic carbocycles. The van der Waals surface area contributed by atoms with Crippen LogP contribution in [0.2, 0.25) is 0 Å². The third kappa shape index (κ3) is 2.75. The predicted molar refractivity (Wildman–Crippen MR) is 90.7 cm³/mol. The van der Waals surface area contributed by atoms with Crippen molar-refractivity contribution in [3.05, 3.63) is 34.5 Å². The molecule has 0 radical (unpaired) electrons. The number of nitrogens with zero attached hydrogens (tertiary/aromatic N) is 1. The normalized spacial score (nSPS) is 12.1. The van der Waals surface area contributed by atoms with Gasteiger partial charge in [0.15, 0.2) is 0 Å². The summed E-state index contributed by atoms with van der Waals surface area (Å²) in [6, 6.07) is 3.97. The zero-order chi connectivity index (χ0) is 16.7. The van der Waals surface area contributed by atoms with Crippen LogP contribution in [0.4, 0.5) is 0 Å². The maximum atomic E-state index is 11.7. The van der Waals surface area contributed by atoms with Crippen molar-refractivity contribution in [3.8, 4) is 0 Å². The third-order valence-corrected chi connectivity index (χ3v) is 4.44. The Bertz CT molecular complexity index is 721. The summed E-state index contributed by atoms with van der Waals surface area (Å²) >= 11 is 0. The highest BCUT2D eigenvalue weighted by Crippen LogP contribution is 2.34. The van der Waals surface area contributed by atoms with Gasteiger partial charge in [0.1, 0.15) is 0 Å². The molecule has 1 heterocycles. The quantitative estimate of drug-likeness (QED) is 0.909. The van der Waals surface area contributed by atoms with Gasteiger partial charge in [-0.2, -0.15) is 0 Å². The van der Waals surface area contributed by atoms with Crippen molar-refractivity contribution in [1.82, 2.24) is 4.57 Å². The van der Waals surface area contributed by atoms with E-state index in [1.165, 1.54) is 5.56 Å². The lowest BCUT2D eigenvalue weighted by molar-refractivity contribution is 0.0698. The minimum absolute atomic E-state index is 0.0900. The Morgan fingerprint density at radius 2 is 1.95 bits per heavy atom. The fraction of sp³-hybridized carbons (Fsp3) is 0.500. The summed E-state index contributed by atoms with van der Waals surface area (Å²) in [5.41, 5.74) is 10.1. The van der Waals surface area contributed by atoms with E-state index < -0.39 is 5.97 Å². The van der Waals surface area contributed by atoms with Crippen LogP contribution in [0.15, 0.2) is 12.1 Å². The van der Waals surface area contributed by atoms with Crippen molar-refractivity contribution in [3.63, 3.8) is 0 Å². The molecule has 0 aliphatic carbocycles. The lowest BCUT2D eigenvalue weighted by Gasteiger charge is -2.20. The third-order valence-electron chi connectivity index (χ3n) is 4.44. The van der Waals surface area contributed by atoms with E-state index in [-0.39, 0.29) is 5.41 Å². The zero-order valence-corrected chi connectivity index (χ0v) is 14.2. The number of fused-ring (bicyclic) bond motifs is 1. The number of carboxylic acids is 1. The zero-order valence-electron chi connectivity index (χ0n) is 14.2. The SMILES string of the molecule is Cc1c(CCCN)c2cc(C(C)(C)C)cc(C(=O)O)c2n1C. The maximum Gasteiger partial charge on any atom is 0.337 e. The van der Waals surface area contributed by atoms with Gasteiger partial charge in [0.25, 0.3) is 0 Å². The first-order valence-electron chi connectivity index (χ1n) is 7.74. The van der Waals surface area contributed by atoms with Gasteiger partial charge in [-0.05, 0) is 55.0 Å². The van der Waals surface area contributed by atoms with Gasteiger partial charge < -0.3 is 15.4 Å². The number of rotatable bonds is 4. The Morgan fingerprint density at radius 1 is 1.32 bits per heavy atom. The monoisotopic (exact) mass is 302 g/mol. The van der Waals surface area contributed by atoms with Crippen LogP contribution in [0, 0.1) is 6.92 Å². The van der Waals surface area contributed by atoms with E-state index in [0.717, 1.165) is 35.0 Å². The molecular formula is C18H26N2O2. The molecule has 0 aliphatic heterocycles. The van der Waals surface area contributed by atoms with Gasteiger partial charge in [0.05, 0.1) is 11.1 Å². The number of aryl methyl sites for hydroxylation is 2. The fourth-order valence-corrected chi connectivity index (χ4v) is 2.98. The average molecular weight is 302 g/mol. The molecule has 2 rings (SSSR count). The van der Waals surface area contributed by atoms with Crippen LogP contribution in [-0.4, -0.2) is 22.2 Å². The van der Waals surface area contributed by atoms with Gasteiger partial charge in [-0.3, -0.25) is 0 Å². The molecular weight excluding hydrogens is 276 g/mol. The van der Waals surface area contributed by atoms with E-state index in [1.807, 2.05) is 24.6 Å². The highest BCUT2D eigenvalue weighted by molar-refractivity contribution is 6.04. The van der Waals surface area contributed by atoms with E-state index in [0.29, 0.717) is 12.1 Å². The first kappa shape index (κ1) is 16.6. The van der Waals surface area contributed by atoms with Crippen LogP contribution < -0.4 is 5.73 Å². The summed E-state index contributed by atoms with van der Waals surface area (Å²) in [6.07, 6.45) is 1.79. The molecule has 0 saturated heterocycles. The fourth-order valence-electron chi connectivity index (χ4n) is 2.98. The summed E-state index contributed by atoms with van der Waals surface area (Å²) in [4.78, 5) is 11.7. The van der Waals surface area contributed by atoms with E-state index in [2.05, 4.69) is 26.8 Å². The van der Waals surface area contributed by atoms with Crippen LogP contribution >= 0.6 is 0 Å². The van der Waals surface area contributed by atoms with E-state index >= 15 is 0 Å². The molecule has 0 bridgehead atoms. The Balaban J connectivity index is 2.85. The number of aromatic nitrogens is 1. The van der Waals surface area contributed by atoms with Crippen molar-refractivity contribution in [2.24, 2.45) is 12.8 Å². The van der Waals surface area contributed by atoms with E-state index in [1.54, 1.807) is 0 Å². The largest absolute Gasteiger partial charge is 0.478 e. The first-order chi connectivity index (χ1) is 10.2. The van der Waals surface area contributed by atoms with Gasteiger partial charge in [0.2, 0.25) is 0 Å². The lowest BCUT2D eigenvalue weighted by Crippen LogP contribution is -2.13. The molecule has 0 unspecified atom stereocenters. The van der Waals surface area contributed by atoms with Crippen molar-refractivity contribution in [1.29, 1.82) is 0 Å². The first-order valence-corrected chi connectivity index (χ1v) is 7.74. The molecule has 120 valence electrons. The number of hydrogen-bond donors (Lipinski definition) is 2. The van der Waals surface area contributed by atoms with Gasteiger partial charge >= 0.3 is 5.97 Å². The number of aromatic carboxylic acids is 1. The number of carboxylic acid groups (broad SMARTS) is 1. The standard InChI is InChI=1S/C18H26N2O2/c1-11-13(7-6-8-19)14-9-12(18(2,3)4)10-15(17(21)22)16(14)20(11)5/h9-10H,6-8,19H2,1-5H3,(H,21,22). The Hall–Kier alpha value is -1.81. The van der Waals surface area contributed by atoms with Gasteiger partial charge in [-0.1, -0.05) is 20.8 Å². The molecule has 22 heavy (non-hydrogen) atoms. The smallest absolute Gasteiger partial charge is 0.337 e. The van der Waals surface area contributed by atoms with Crippen LogP contribution in [0.1, 0.15) is 54.4 Å². The Kier molecular flexibility index (Phi) is 4.34. The van der Waals surface area contributed by atoms with E-state index in [9.17, 15) is 9.90 Å². The molecule has 0 fully saturated rings. The number of benzene rings is 1. The Labute approximate surface area is 131 Å². The molecule has 3 N–H and O–H groups in total. The lowest BCUT2D eigenvalue weighted by atomic mass is 9.84.